The van der Waals surface area contributed by atoms with Crippen molar-refractivity contribution in [2.24, 2.45) is 0 Å². The Hall–Kier alpha value is -3.52. The number of unbranched alkanes of at least 4 members (excludes halogenated alkanes) is 2. The van der Waals surface area contributed by atoms with Crippen LogP contribution in [0.4, 0.5) is 10.5 Å². The number of ether oxygens (including phenoxy) is 2. The highest BCUT2D eigenvalue weighted by Crippen LogP contribution is 2.37. The quantitative estimate of drug-likeness (QED) is 0.158. The summed E-state index contributed by atoms with van der Waals surface area (Å²) in [5, 5.41) is 8.59. The number of carbonyl (C=O) groups excluding carboxylic acids is 2. The highest BCUT2D eigenvalue weighted by Gasteiger charge is 2.36. The number of likely N-dealkylation sites (N-methyl/N-ethyl adjacent to an activating group) is 1. The molecule has 232 valence electrons. The maximum Gasteiger partial charge on any atom is 0.298 e. The average molecular weight is 656 g/mol. The van der Waals surface area contributed by atoms with Crippen molar-refractivity contribution in [2.75, 3.05) is 51.3 Å². The van der Waals surface area contributed by atoms with Crippen molar-refractivity contribution in [1.29, 1.82) is 5.26 Å². The molecule has 0 aliphatic carbocycles. The molecule has 0 aromatic heterocycles. The largest absolute Gasteiger partial charge is 0.494 e. The van der Waals surface area contributed by atoms with Crippen LogP contribution in [0.3, 0.4) is 0 Å². The Balaban J connectivity index is 0.00000264. The van der Waals surface area contributed by atoms with Crippen LogP contribution in [0.25, 0.3) is 6.08 Å². The second kappa shape index (κ2) is 17.1. The van der Waals surface area contributed by atoms with E-state index in [0.717, 1.165) is 69.3 Å². The van der Waals surface area contributed by atoms with Gasteiger partial charge in [0.05, 0.1) is 28.8 Å². The summed E-state index contributed by atoms with van der Waals surface area (Å²) in [5.74, 6) is 1.53. The molecule has 44 heavy (non-hydrogen) atoms. The molecule has 2 fully saturated rings. The summed E-state index contributed by atoms with van der Waals surface area (Å²) in [6, 6.07) is 23.3. The van der Waals surface area contributed by atoms with Crippen LogP contribution in [0.15, 0.2) is 77.7 Å². The van der Waals surface area contributed by atoms with Gasteiger partial charge in [0, 0.05) is 32.2 Å². The van der Waals surface area contributed by atoms with Crippen molar-refractivity contribution in [3.05, 3.63) is 88.8 Å². The molecule has 0 radical (unpaired) electrons. The van der Waals surface area contributed by atoms with E-state index in [1.54, 1.807) is 60.7 Å². The highest BCUT2D eigenvalue weighted by atomic mass is 35.5. The van der Waals surface area contributed by atoms with Crippen LogP contribution in [0.5, 0.6) is 17.2 Å². The lowest BCUT2D eigenvalue weighted by Gasteiger charge is -2.32. The monoisotopic (exact) mass is 654 g/mol. The summed E-state index contributed by atoms with van der Waals surface area (Å²) in [6.45, 7) is 6.30. The number of hydrogen-bond donors (Lipinski definition) is 0. The van der Waals surface area contributed by atoms with E-state index in [2.05, 4.69) is 22.9 Å². The lowest BCUT2D eigenvalue weighted by atomic mass is 10.2. The molecule has 2 aliphatic rings. The minimum Gasteiger partial charge on any atom is -0.494 e. The van der Waals surface area contributed by atoms with Crippen molar-refractivity contribution in [3.8, 4) is 23.3 Å². The molecule has 3 aromatic rings. The van der Waals surface area contributed by atoms with E-state index in [1.165, 1.54) is 4.90 Å². The molecule has 2 heterocycles. The van der Waals surface area contributed by atoms with E-state index in [1.807, 2.05) is 18.2 Å². The summed E-state index contributed by atoms with van der Waals surface area (Å²) >= 11 is 0.920. The van der Waals surface area contributed by atoms with Crippen molar-refractivity contribution in [1.82, 2.24) is 9.80 Å². The van der Waals surface area contributed by atoms with E-state index in [-0.39, 0.29) is 36.0 Å². The lowest BCUT2D eigenvalue weighted by Crippen LogP contribution is -2.44. The number of benzene rings is 3. The highest BCUT2D eigenvalue weighted by molar-refractivity contribution is 8.19. The first-order valence-corrected chi connectivity index (χ1v) is 15.0. The number of amides is 2. The number of hydrogen-bond acceptors (Lipinski definition) is 8. The molecule has 0 bridgehead atoms. The Labute approximate surface area is 275 Å². The number of halogens is 2. The topological polar surface area (TPSA) is 86.1 Å². The molecular weight excluding hydrogens is 619 g/mol. The molecule has 0 N–H and O–H groups in total. The second-order valence-corrected chi connectivity index (χ2v) is 11.4. The van der Waals surface area contributed by atoms with Gasteiger partial charge in [-0.2, -0.15) is 5.26 Å². The van der Waals surface area contributed by atoms with E-state index >= 15 is 0 Å². The van der Waals surface area contributed by atoms with Crippen LogP contribution in [-0.2, 0) is 4.79 Å². The molecule has 8 nitrogen and oxygen atoms in total. The molecule has 0 atom stereocenters. The summed E-state index contributed by atoms with van der Waals surface area (Å²) in [6.07, 6.45) is 4.92. The molecule has 2 aliphatic heterocycles. The number of carbonyl (C=O) groups is 2. The number of imide groups is 1. The summed E-state index contributed by atoms with van der Waals surface area (Å²) < 4.78 is 11.8. The Bertz CT molecular complexity index is 1470. The molecular formula is C33H36Cl2N4O4S. The molecule has 3 aromatic carbocycles. The van der Waals surface area contributed by atoms with Gasteiger partial charge in [0.1, 0.15) is 17.2 Å². The minimum absolute atomic E-state index is 0. The number of thioether (sulfide) groups is 1. The zero-order valence-electron chi connectivity index (χ0n) is 24.5. The Morgan fingerprint density at radius 2 is 1.55 bits per heavy atom. The normalized spacial score (nSPS) is 16.3. The molecule has 0 unspecified atom stereocenters. The van der Waals surface area contributed by atoms with E-state index < -0.39 is 0 Å². The first-order chi connectivity index (χ1) is 20.5. The van der Waals surface area contributed by atoms with Crippen LogP contribution in [0.2, 0.25) is 0 Å². The SMILES string of the molecule is CN1CCN(CCCCCOc2cccc(N3C(=O)SC(=Cc4ccc(Oc5ccc(C#N)cc5)cc4)C3=O)c2)CC1.Cl.Cl. The number of anilines is 1. The first-order valence-electron chi connectivity index (χ1n) is 14.2. The van der Waals surface area contributed by atoms with Crippen molar-refractivity contribution < 1.29 is 19.1 Å². The fraction of sp³-hybridized carbons (Fsp3) is 0.303. The average Bonchev–Trinajstić information content (AvgIpc) is 3.29. The van der Waals surface area contributed by atoms with Gasteiger partial charge >= 0.3 is 0 Å². The molecule has 0 spiro atoms. The third-order valence-electron chi connectivity index (χ3n) is 7.25. The van der Waals surface area contributed by atoms with Crippen LogP contribution >= 0.6 is 36.6 Å². The van der Waals surface area contributed by atoms with Crippen molar-refractivity contribution >= 4 is 59.5 Å². The van der Waals surface area contributed by atoms with Gasteiger partial charge in [0.15, 0.2) is 0 Å². The zero-order valence-corrected chi connectivity index (χ0v) is 27.0. The molecule has 2 saturated heterocycles. The van der Waals surface area contributed by atoms with Gasteiger partial charge in [0.2, 0.25) is 0 Å². The molecule has 5 rings (SSSR count). The standard InChI is InChI=1S/C33H34N4O4S.2ClH/c1-35-17-19-36(20-18-35)16-3-2-4-21-40-30-7-5-6-27(23-30)37-32(38)31(42-33(37)39)22-25-8-12-28(13-9-25)41-29-14-10-26(24-34)11-15-29;;/h5-15,22-23H,2-4,16-21H2,1H3;2*1H. The maximum atomic E-state index is 13.2. The van der Waals surface area contributed by atoms with Gasteiger partial charge in [-0.3, -0.25) is 9.59 Å². The molecule has 2 amide bonds. The van der Waals surface area contributed by atoms with Gasteiger partial charge in [-0.25, -0.2) is 4.90 Å². The van der Waals surface area contributed by atoms with Crippen LogP contribution in [0, 0.1) is 11.3 Å². The summed E-state index contributed by atoms with van der Waals surface area (Å²) in [4.78, 5) is 32.5. The Morgan fingerprint density at radius 3 is 2.23 bits per heavy atom. The molecule has 11 heteroatoms. The number of rotatable bonds is 11. The van der Waals surface area contributed by atoms with Gasteiger partial charge in [-0.1, -0.05) is 18.2 Å². The van der Waals surface area contributed by atoms with Gasteiger partial charge in [-0.15, -0.1) is 24.8 Å². The van der Waals surface area contributed by atoms with Gasteiger partial charge < -0.3 is 19.3 Å². The smallest absolute Gasteiger partial charge is 0.298 e. The third kappa shape index (κ3) is 9.49. The van der Waals surface area contributed by atoms with Crippen LogP contribution in [0.1, 0.15) is 30.4 Å². The number of piperazine rings is 1. The maximum absolute atomic E-state index is 13.2. The summed E-state index contributed by atoms with van der Waals surface area (Å²) in [5.41, 5.74) is 1.84. The van der Waals surface area contributed by atoms with E-state index in [9.17, 15) is 9.59 Å². The Morgan fingerprint density at radius 1 is 0.864 bits per heavy atom. The van der Waals surface area contributed by atoms with Crippen LogP contribution < -0.4 is 14.4 Å². The predicted molar refractivity (Wildman–Crippen MR) is 180 cm³/mol. The first kappa shape index (κ1) is 35.0. The van der Waals surface area contributed by atoms with E-state index in [0.29, 0.717) is 40.0 Å². The second-order valence-electron chi connectivity index (χ2n) is 10.4. The van der Waals surface area contributed by atoms with Gasteiger partial charge in [-0.05, 0) is 105 Å². The van der Waals surface area contributed by atoms with Gasteiger partial charge in [0.25, 0.3) is 11.1 Å². The number of nitrogens with zero attached hydrogens (tertiary/aromatic N) is 4. The van der Waals surface area contributed by atoms with Crippen LogP contribution in [-0.4, -0.2) is 67.3 Å². The zero-order chi connectivity index (χ0) is 29.3. The van der Waals surface area contributed by atoms with E-state index in [4.69, 9.17) is 14.7 Å². The summed E-state index contributed by atoms with van der Waals surface area (Å²) in [7, 11) is 2.17. The van der Waals surface area contributed by atoms with Crippen molar-refractivity contribution in [3.63, 3.8) is 0 Å². The molecule has 0 saturated carbocycles. The Kier molecular flexibility index (Phi) is 13.6. The predicted octanol–water partition coefficient (Wildman–Crippen LogP) is 7.23. The fourth-order valence-electron chi connectivity index (χ4n) is 4.80. The lowest BCUT2D eigenvalue weighted by molar-refractivity contribution is -0.113. The minimum atomic E-state index is -0.357. The fourth-order valence-corrected chi connectivity index (χ4v) is 5.64. The number of nitriles is 1. The third-order valence-corrected chi connectivity index (χ3v) is 8.12. The van der Waals surface area contributed by atoms with Crippen molar-refractivity contribution in [2.45, 2.75) is 19.3 Å².